The second-order valence-electron chi connectivity index (χ2n) is 5.64. The Hall–Kier alpha value is -0.440. The van der Waals surface area contributed by atoms with Crippen molar-refractivity contribution in [1.82, 2.24) is 5.32 Å². The highest BCUT2D eigenvalue weighted by Crippen LogP contribution is 2.29. The molecule has 2 rings (SSSR count). The summed E-state index contributed by atoms with van der Waals surface area (Å²) in [6, 6.07) is 5.40. The highest BCUT2D eigenvalue weighted by molar-refractivity contribution is 6.34. The number of benzene rings is 1. The Labute approximate surface area is 125 Å². The van der Waals surface area contributed by atoms with Crippen LogP contribution in [0, 0.1) is 11.8 Å². The zero-order valence-corrected chi connectivity index (χ0v) is 13.0. The molecule has 0 bridgehead atoms. The monoisotopic (exact) mass is 301 g/mol. The van der Waals surface area contributed by atoms with Crippen molar-refractivity contribution in [2.24, 2.45) is 11.8 Å². The summed E-state index contributed by atoms with van der Waals surface area (Å²) in [4.78, 5) is 0. The zero-order chi connectivity index (χ0) is 13.8. The maximum Gasteiger partial charge on any atom is 0.122 e. The third-order valence-corrected chi connectivity index (χ3v) is 3.89. The molecule has 0 aromatic heterocycles. The first-order valence-electron chi connectivity index (χ1n) is 6.88. The third-order valence-electron chi connectivity index (χ3n) is 3.45. The predicted molar refractivity (Wildman–Crippen MR) is 81.3 cm³/mol. The molecule has 0 spiro atoms. The van der Waals surface area contributed by atoms with E-state index in [9.17, 15) is 0 Å². The molecular weight excluding hydrogens is 281 g/mol. The van der Waals surface area contributed by atoms with E-state index >= 15 is 0 Å². The Morgan fingerprint density at radius 3 is 2.47 bits per heavy atom. The van der Waals surface area contributed by atoms with E-state index in [0.717, 1.165) is 25.3 Å². The fourth-order valence-corrected chi connectivity index (χ4v) is 3.07. The number of rotatable bonds is 5. The van der Waals surface area contributed by atoms with Crippen LogP contribution >= 0.6 is 23.2 Å². The number of nitrogens with one attached hydrogen (secondary N) is 1. The van der Waals surface area contributed by atoms with Crippen LogP contribution in [0.4, 0.5) is 0 Å². The summed E-state index contributed by atoms with van der Waals surface area (Å²) in [6.07, 6.45) is 2.45. The summed E-state index contributed by atoms with van der Waals surface area (Å²) in [5, 5.41) is 4.64. The normalized spacial score (nSPS) is 20.8. The van der Waals surface area contributed by atoms with Crippen LogP contribution in [0.25, 0.3) is 0 Å². The van der Waals surface area contributed by atoms with Crippen LogP contribution in [0.15, 0.2) is 18.2 Å². The molecule has 2 atom stereocenters. The van der Waals surface area contributed by atoms with Crippen LogP contribution in [-0.2, 0) is 0 Å². The van der Waals surface area contributed by atoms with Crippen molar-refractivity contribution >= 4 is 23.2 Å². The molecule has 1 aromatic carbocycles. The standard InChI is InChI=1S/C15H21Cl2NO/c1-10(2)5-15(11-3-4-18-9-11)19-14-7-12(16)6-13(17)8-14/h6-8,10-11,15,18H,3-5,9H2,1-2H3. The van der Waals surface area contributed by atoms with Crippen molar-refractivity contribution in [2.45, 2.75) is 32.8 Å². The second-order valence-corrected chi connectivity index (χ2v) is 6.52. The van der Waals surface area contributed by atoms with Crippen molar-refractivity contribution in [3.63, 3.8) is 0 Å². The van der Waals surface area contributed by atoms with Crippen molar-refractivity contribution in [3.05, 3.63) is 28.2 Å². The van der Waals surface area contributed by atoms with E-state index in [1.54, 1.807) is 6.07 Å². The largest absolute Gasteiger partial charge is 0.490 e. The summed E-state index contributed by atoms with van der Waals surface area (Å²) < 4.78 is 6.16. The first-order chi connectivity index (χ1) is 9.04. The average molecular weight is 302 g/mol. The molecule has 0 saturated carbocycles. The highest BCUT2D eigenvalue weighted by atomic mass is 35.5. The Balaban J connectivity index is 2.09. The first kappa shape index (κ1) is 15.0. The van der Waals surface area contributed by atoms with Gasteiger partial charge in [0.15, 0.2) is 0 Å². The minimum Gasteiger partial charge on any atom is -0.490 e. The van der Waals surface area contributed by atoms with Crippen LogP contribution < -0.4 is 10.1 Å². The predicted octanol–water partition coefficient (Wildman–Crippen LogP) is 4.40. The minimum absolute atomic E-state index is 0.226. The molecule has 2 unspecified atom stereocenters. The molecule has 0 amide bonds. The van der Waals surface area contributed by atoms with Crippen molar-refractivity contribution in [2.75, 3.05) is 13.1 Å². The van der Waals surface area contributed by atoms with E-state index in [1.165, 1.54) is 6.42 Å². The van der Waals surface area contributed by atoms with Crippen LogP contribution in [0.1, 0.15) is 26.7 Å². The topological polar surface area (TPSA) is 21.3 Å². The fourth-order valence-electron chi connectivity index (χ4n) is 2.57. The van der Waals surface area contributed by atoms with E-state index in [-0.39, 0.29) is 6.10 Å². The summed E-state index contributed by atoms with van der Waals surface area (Å²) in [6.45, 7) is 6.57. The van der Waals surface area contributed by atoms with E-state index in [0.29, 0.717) is 21.9 Å². The van der Waals surface area contributed by atoms with Crippen molar-refractivity contribution in [1.29, 1.82) is 0 Å². The van der Waals surface area contributed by atoms with Gasteiger partial charge >= 0.3 is 0 Å². The Morgan fingerprint density at radius 1 is 1.26 bits per heavy atom. The highest BCUT2D eigenvalue weighted by Gasteiger charge is 2.27. The van der Waals surface area contributed by atoms with Gasteiger partial charge in [-0.05, 0) is 43.5 Å². The SMILES string of the molecule is CC(C)CC(Oc1cc(Cl)cc(Cl)c1)C1CCNC1. The summed E-state index contributed by atoms with van der Waals surface area (Å²) in [5.74, 6) is 1.95. The van der Waals surface area contributed by atoms with Gasteiger partial charge in [0.1, 0.15) is 11.9 Å². The Kier molecular flexibility index (Phi) is 5.37. The average Bonchev–Trinajstić information content (AvgIpc) is 2.79. The lowest BCUT2D eigenvalue weighted by atomic mass is 9.93. The molecule has 1 heterocycles. The molecule has 1 aliphatic rings. The summed E-state index contributed by atoms with van der Waals surface area (Å²) in [5.41, 5.74) is 0. The molecule has 0 radical (unpaired) electrons. The molecule has 106 valence electrons. The van der Waals surface area contributed by atoms with Gasteiger partial charge in [0.2, 0.25) is 0 Å². The lowest BCUT2D eigenvalue weighted by molar-refractivity contribution is 0.119. The molecule has 4 heteroatoms. The van der Waals surface area contributed by atoms with Crippen LogP contribution in [0.3, 0.4) is 0 Å². The van der Waals surface area contributed by atoms with Gasteiger partial charge in [0.05, 0.1) is 0 Å². The number of ether oxygens (including phenoxy) is 1. The molecule has 1 aliphatic heterocycles. The third kappa shape index (κ3) is 4.55. The maximum atomic E-state index is 6.16. The van der Waals surface area contributed by atoms with Gasteiger partial charge in [0.25, 0.3) is 0 Å². The molecule has 1 saturated heterocycles. The van der Waals surface area contributed by atoms with Crippen LogP contribution in [0.2, 0.25) is 10.0 Å². The second kappa shape index (κ2) is 6.83. The summed E-state index contributed by atoms with van der Waals surface area (Å²) in [7, 11) is 0. The van der Waals surface area contributed by atoms with Gasteiger partial charge in [-0.1, -0.05) is 37.0 Å². The van der Waals surface area contributed by atoms with Gasteiger partial charge < -0.3 is 10.1 Å². The fraction of sp³-hybridized carbons (Fsp3) is 0.600. The first-order valence-corrected chi connectivity index (χ1v) is 7.63. The quantitative estimate of drug-likeness (QED) is 0.870. The molecule has 0 aliphatic carbocycles. The molecule has 1 aromatic rings. The molecule has 1 N–H and O–H groups in total. The van der Waals surface area contributed by atoms with E-state index in [4.69, 9.17) is 27.9 Å². The van der Waals surface area contributed by atoms with Crippen LogP contribution in [-0.4, -0.2) is 19.2 Å². The lowest BCUT2D eigenvalue weighted by Crippen LogP contribution is -2.30. The zero-order valence-electron chi connectivity index (χ0n) is 11.5. The summed E-state index contributed by atoms with van der Waals surface area (Å²) >= 11 is 12.0. The van der Waals surface area contributed by atoms with E-state index in [2.05, 4.69) is 19.2 Å². The maximum absolute atomic E-state index is 6.16. The van der Waals surface area contributed by atoms with Crippen molar-refractivity contribution < 1.29 is 4.74 Å². The van der Waals surface area contributed by atoms with Crippen molar-refractivity contribution in [3.8, 4) is 5.75 Å². The molecular formula is C15H21Cl2NO. The van der Waals surface area contributed by atoms with E-state index < -0.39 is 0 Å². The molecule has 1 fully saturated rings. The smallest absolute Gasteiger partial charge is 0.122 e. The Bertz CT molecular complexity index is 396. The van der Waals surface area contributed by atoms with Crippen LogP contribution in [0.5, 0.6) is 5.75 Å². The lowest BCUT2D eigenvalue weighted by Gasteiger charge is -2.26. The van der Waals surface area contributed by atoms with Gasteiger partial charge in [-0.15, -0.1) is 0 Å². The number of halogens is 2. The van der Waals surface area contributed by atoms with Gasteiger partial charge in [0, 0.05) is 22.5 Å². The molecule has 19 heavy (non-hydrogen) atoms. The Morgan fingerprint density at radius 2 is 1.95 bits per heavy atom. The minimum atomic E-state index is 0.226. The molecule has 2 nitrogen and oxygen atoms in total. The van der Waals surface area contributed by atoms with Gasteiger partial charge in [-0.3, -0.25) is 0 Å². The number of hydrogen-bond donors (Lipinski definition) is 1. The number of hydrogen-bond acceptors (Lipinski definition) is 2. The van der Waals surface area contributed by atoms with Gasteiger partial charge in [-0.2, -0.15) is 0 Å². The van der Waals surface area contributed by atoms with Gasteiger partial charge in [-0.25, -0.2) is 0 Å². The van der Waals surface area contributed by atoms with E-state index in [1.807, 2.05) is 12.1 Å².